The Balaban J connectivity index is 1.65. The normalized spacial score (nSPS) is 17.5. The van der Waals surface area contributed by atoms with Crippen molar-refractivity contribution < 1.29 is 9.18 Å². The van der Waals surface area contributed by atoms with Gasteiger partial charge in [-0.2, -0.15) is 0 Å². The maximum Gasteiger partial charge on any atom is 0.315 e. The lowest BCUT2D eigenvalue weighted by Crippen LogP contribution is -2.51. The van der Waals surface area contributed by atoms with Crippen LogP contribution in [0.1, 0.15) is 18.1 Å². The number of amides is 2. The van der Waals surface area contributed by atoms with Gasteiger partial charge >= 0.3 is 6.03 Å². The van der Waals surface area contributed by atoms with Crippen LogP contribution in [-0.4, -0.2) is 68.2 Å². The Bertz CT molecular complexity index is 544. The van der Waals surface area contributed by atoms with E-state index in [0.717, 1.165) is 43.9 Å². The van der Waals surface area contributed by atoms with Gasteiger partial charge in [-0.15, -0.1) is 0 Å². The highest BCUT2D eigenvalue weighted by Gasteiger charge is 2.16. The lowest BCUT2D eigenvalue weighted by molar-refractivity contribution is 0.144. The van der Waals surface area contributed by atoms with E-state index in [2.05, 4.69) is 27.5 Å². The fourth-order valence-corrected chi connectivity index (χ4v) is 2.99. The molecule has 1 aromatic rings. The molecule has 5 nitrogen and oxygen atoms in total. The maximum absolute atomic E-state index is 13.1. The molecule has 24 heavy (non-hydrogen) atoms. The monoisotopic (exact) mass is 336 g/mol. The number of rotatable bonds is 6. The van der Waals surface area contributed by atoms with Crippen LogP contribution in [0.4, 0.5) is 9.18 Å². The molecule has 134 valence electrons. The van der Waals surface area contributed by atoms with E-state index in [4.69, 9.17) is 0 Å². The molecule has 0 saturated carbocycles. The fourth-order valence-electron chi connectivity index (χ4n) is 2.99. The van der Waals surface area contributed by atoms with Gasteiger partial charge in [0.2, 0.25) is 0 Å². The summed E-state index contributed by atoms with van der Waals surface area (Å²) in [6.45, 7) is 9.59. The molecule has 1 aliphatic rings. The van der Waals surface area contributed by atoms with Crippen molar-refractivity contribution in [3.63, 3.8) is 0 Å². The van der Waals surface area contributed by atoms with Crippen molar-refractivity contribution in [1.29, 1.82) is 0 Å². The zero-order chi connectivity index (χ0) is 17.5. The molecule has 1 aromatic carbocycles. The molecular formula is C18H29FN4O. The van der Waals surface area contributed by atoms with E-state index in [1.165, 1.54) is 12.1 Å². The summed E-state index contributed by atoms with van der Waals surface area (Å²) in [6.07, 6.45) is 0.701. The number of nitrogens with zero attached hydrogens (tertiary/aromatic N) is 2. The molecule has 0 aromatic heterocycles. The lowest BCUT2D eigenvalue weighted by Gasteiger charge is -2.34. The number of hydrogen-bond acceptors (Lipinski definition) is 3. The van der Waals surface area contributed by atoms with E-state index in [1.807, 2.05) is 13.8 Å². The van der Waals surface area contributed by atoms with E-state index in [1.54, 1.807) is 6.07 Å². The van der Waals surface area contributed by atoms with Crippen molar-refractivity contribution >= 4 is 6.03 Å². The van der Waals surface area contributed by atoms with Gasteiger partial charge in [-0.1, -0.05) is 6.07 Å². The summed E-state index contributed by atoms with van der Waals surface area (Å²) in [5, 5.41) is 5.86. The fraction of sp³-hybridized carbons (Fsp3) is 0.611. The number of nitrogens with one attached hydrogen (secondary N) is 2. The van der Waals surface area contributed by atoms with Crippen molar-refractivity contribution in [2.45, 2.75) is 26.3 Å². The summed E-state index contributed by atoms with van der Waals surface area (Å²) < 4.78 is 13.1. The highest BCUT2D eigenvalue weighted by Crippen LogP contribution is 2.10. The van der Waals surface area contributed by atoms with Gasteiger partial charge in [0.1, 0.15) is 5.82 Å². The first kappa shape index (κ1) is 18.7. The van der Waals surface area contributed by atoms with Gasteiger partial charge in [-0.3, -0.25) is 4.90 Å². The Morgan fingerprint density at radius 2 is 2.00 bits per heavy atom. The SMILES string of the molecule is Cc1cc(F)ccc1CCNC(=O)NC(C)CN1CCN(C)CC1. The number of halogens is 1. The topological polar surface area (TPSA) is 47.6 Å². The molecule has 0 radical (unpaired) electrons. The van der Waals surface area contributed by atoms with Crippen molar-refractivity contribution in [3.8, 4) is 0 Å². The number of benzene rings is 1. The Morgan fingerprint density at radius 1 is 1.29 bits per heavy atom. The zero-order valence-corrected chi connectivity index (χ0v) is 14.9. The maximum atomic E-state index is 13.1. The minimum atomic E-state index is -0.223. The Kier molecular flexibility index (Phi) is 6.99. The molecule has 0 aliphatic carbocycles. The van der Waals surface area contributed by atoms with Gasteiger partial charge in [-0.25, -0.2) is 9.18 Å². The van der Waals surface area contributed by atoms with Crippen LogP contribution < -0.4 is 10.6 Å². The average molecular weight is 336 g/mol. The molecule has 1 saturated heterocycles. The van der Waals surface area contributed by atoms with Crippen LogP contribution in [0.5, 0.6) is 0 Å². The van der Waals surface area contributed by atoms with Crippen LogP contribution in [0.3, 0.4) is 0 Å². The van der Waals surface area contributed by atoms with Crippen molar-refractivity contribution in [2.24, 2.45) is 0 Å². The van der Waals surface area contributed by atoms with E-state index in [9.17, 15) is 9.18 Å². The molecule has 6 heteroatoms. The Labute approximate surface area is 144 Å². The van der Waals surface area contributed by atoms with E-state index >= 15 is 0 Å². The minimum Gasteiger partial charge on any atom is -0.338 e. The predicted molar refractivity (Wildman–Crippen MR) is 94.8 cm³/mol. The van der Waals surface area contributed by atoms with Crippen LogP contribution in [0.15, 0.2) is 18.2 Å². The van der Waals surface area contributed by atoms with Gasteiger partial charge in [-0.05, 0) is 50.6 Å². The standard InChI is InChI=1S/C18H29FN4O/c1-14-12-17(19)5-4-16(14)6-7-20-18(24)21-15(2)13-23-10-8-22(3)9-11-23/h4-5,12,15H,6-11,13H2,1-3H3,(H2,20,21,24). The molecule has 1 heterocycles. The van der Waals surface area contributed by atoms with Crippen molar-refractivity contribution in [2.75, 3.05) is 46.3 Å². The van der Waals surface area contributed by atoms with Gasteiger partial charge in [0.25, 0.3) is 0 Å². The third-order valence-corrected chi connectivity index (χ3v) is 4.49. The molecule has 1 fully saturated rings. The van der Waals surface area contributed by atoms with Crippen LogP contribution >= 0.6 is 0 Å². The third-order valence-electron chi connectivity index (χ3n) is 4.49. The molecule has 0 bridgehead atoms. The second kappa shape index (κ2) is 8.99. The summed E-state index contributed by atoms with van der Waals surface area (Å²) in [7, 11) is 2.13. The quantitative estimate of drug-likeness (QED) is 0.830. The van der Waals surface area contributed by atoms with Crippen LogP contribution in [0, 0.1) is 12.7 Å². The number of urea groups is 1. The van der Waals surface area contributed by atoms with Gasteiger partial charge in [0.15, 0.2) is 0 Å². The Morgan fingerprint density at radius 3 is 2.67 bits per heavy atom. The first-order valence-corrected chi connectivity index (χ1v) is 8.64. The van der Waals surface area contributed by atoms with Crippen molar-refractivity contribution in [1.82, 2.24) is 20.4 Å². The van der Waals surface area contributed by atoms with Crippen LogP contribution in [0.2, 0.25) is 0 Å². The number of carbonyl (C=O) groups excluding carboxylic acids is 1. The largest absolute Gasteiger partial charge is 0.338 e. The number of carbonyl (C=O) groups is 1. The second-order valence-corrected chi connectivity index (χ2v) is 6.73. The molecule has 1 atom stereocenters. The lowest BCUT2D eigenvalue weighted by atomic mass is 10.1. The molecule has 2 amide bonds. The summed E-state index contributed by atoms with van der Waals surface area (Å²) in [5.74, 6) is -0.223. The second-order valence-electron chi connectivity index (χ2n) is 6.73. The first-order valence-electron chi connectivity index (χ1n) is 8.64. The summed E-state index contributed by atoms with van der Waals surface area (Å²) in [4.78, 5) is 16.7. The van der Waals surface area contributed by atoms with Gasteiger partial charge < -0.3 is 15.5 Å². The van der Waals surface area contributed by atoms with E-state index in [0.29, 0.717) is 13.0 Å². The smallest absolute Gasteiger partial charge is 0.315 e. The summed E-state index contributed by atoms with van der Waals surface area (Å²) in [6, 6.07) is 4.73. The summed E-state index contributed by atoms with van der Waals surface area (Å²) >= 11 is 0. The molecule has 1 aliphatic heterocycles. The Hall–Kier alpha value is -1.66. The molecular weight excluding hydrogens is 307 g/mol. The molecule has 0 spiro atoms. The minimum absolute atomic E-state index is 0.112. The number of aryl methyl sites for hydroxylation is 1. The molecule has 2 rings (SSSR count). The van der Waals surface area contributed by atoms with E-state index < -0.39 is 0 Å². The first-order chi connectivity index (χ1) is 11.4. The van der Waals surface area contributed by atoms with E-state index in [-0.39, 0.29) is 17.9 Å². The number of piperazine rings is 1. The average Bonchev–Trinajstić information content (AvgIpc) is 2.51. The number of hydrogen-bond donors (Lipinski definition) is 2. The van der Waals surface area contributed by atoms with Crippen LogP contribution in [0.25, 0.3) is 0 Å². The predicted octanol–water partition coefficient (Wildman–Crippen LogP) is 1.61. The van der Waals surface area contributed by atoms with Crippen LogP contribution in [-0.2, 0) is 6.42 Å². The van der Waals surface area contributed by atoms with Gasteiger partial charge in [0.05, 0.1) is 0 Å². The number of likely N-dealkylation sites (N-methyl/N-ethyl adjacent to an activating group) is 1. The summed E-state index contributed by atoms with van der Waals surface area (Å²) in [5.41, 5.74) is 1.97. The highest BCUT2D eigenvalue weighted by atomic mass is 19.1. The van der Waals surface area contributed by atoms with Gasteiger partial charge in [0, 0.05) is 45.3 Å². The van der Waals surface area contributed by atoms with Crippen molar-refractivity contribution in [3.05, 3.63) is 35.1 Å². The molecule has 2 N–H and O–H groups in total. The third kappa shape index (κ3) is 6.09. The zero-order valence-electron chi connectivity index (χ0n) is 14.9. The highest BCUT2D eigenvalue weighted by molar-refractivity contribution is 5.74. The molecule has 1 unspecified atom stereocenters.